The summed E-state index contributed by atoms with van der Waals surface area (Å²) in [7, 11) is 0. The van der Waals surface area contributed by atoms with Gasteiger partial charge in [-0.3, -0.25) is 9.59 Å². The molecular weight excluding hydrogens is 615 g/mol. The van der Waals surface area contributed by atoms with E-state index in [1.807, 2.05) is 66.7 Å². The van der Waals surface area contributed by atoms with Crippen molar-refractivity contribution in [2.75, 3.05) is 0 Å². The van der Waals surface area contributed by atoms with Gasteiger partial charge in [0.1, 0.15) is 12.4 Å². The molecule has 0 aliphatic rings. The van der Waals surface area contributed by atoms with Gasteiger partial charge in [0.05, 0.1) is 23.6 Å². The number of rotatable bonds is 10. The smallest absolute Gasteiger partial charge is 0.416 e. The molecule has 0 heterocycles. The second kappa shape index (κ2) is 14.2. The van der Waals surface area contributed by atoms with Crippen molar-refractivity contribution >= 4 is 11.9 Å². The lowest BCUT2D eigenvalue weighted by molar-refractivity contribution is -0.138. The van der Waals surface area contributed by atoms with Crippen LogP contribution >= 0.6 is 0 Å². The average Bonchev–Trinajstić information content (AvgIpc) is 3.06. The Morgan fingerprint density at radius 3 is 1.83 bits per heavy atom. The molecule has 5 nitrogen and oxygen atoms in total. The van der Waals surface area contributed by atoms with Crippen LogP contribution in [0.5, 0.6) is 5.75 Å². The summed E-state index contributed by atoms with van der Waals surface area (Å²) < 4.78 is 45.7. The number of nitrogens with one attached hydrogen (secondary N) is 1. The molecule has 48 heavy (non-hydrogen) atoms. The molecule has 0 spiro atoms. The summed E-state index contributed by atoms with van der Waals surface area (Å²) in [6.45, 7) is 6.52. The zero-order chi connectivity index (χ0) is 34.5. The summed E-state index contributed by atoms with van der Waals surface area (Å²) in [5.74, 6) is -1.43. The van der Waals surface area contributed by atoms with Gasteiger partial charge in [0.15, 0.2) is 0 Å². The van der Waals surface area contributed by atoms with Crippen LogP contribution in [-0.4, -0.2) is 17.0 Å². The van der Waals surface area contributed by atoms with Gasteiger partial charge >= 0.3 is 12.1 Å². The van der Waals surface area contributed by atoms with Gasteiger partial charge in [0.2, 0.25) is 0 Å². The highest BCUT2D eigenvalue weighted by atomic mass is 19.4. The zero-order valence-electron chi connectivity index (χ0n) is 26.8. The number of carbonyl (C=O) groups is 2. The summed E-state index contributed by atoms with van der Waals surface area (Å²) in [4.78, 5) is 25.8. The Kier molecular flexibility index (Phi) is 10.0. The minimum Gasteiger partial charge on any atom is -0.488 e. The normalized spacial score (nSPS) is 12.3. The maximum Gasteiger partial charge on any atom is 0.416 e. The first-order valence-electron chi connectivity index (χ1n) is 15.5. The molecule has 1 amide bonds. The van der Waals surface area contributed by atoms with E-state index < -0.39 is 29.7 Å². The molecule has 1 unspecified atom stereocenters. The van der Waals surface area contributed by atoms with Crippen LogP contribution in [0.4, 0.5) is 13.2 Å². The number of hydrogen-bond acceptors (Lipinski definition) is 3. The van der Waals surface area contributed by atoms with E-state index in [0.717, 1.165) is 34.4 Å². The molecule has 5 aromatic carbocycles. The topological polar surface area (TPSA) is 75.6 Å². The lowest BCUT2D eigenvalue weighted by Crippen LogP contribution is -2.30. The lowest BCUT2D eigenvalue weighted by Gasteiger charge is -2.20. The van der Waals surface area contributed by atoms with E-state index in [-0.39, 0.29) is 29.8 Å². The van der Waals surface area contributed by atoms with Crippen LogP contribution in [0.25, 0.3) is 22.3 Å². The van der Waals surface area contributed by atoms with Gasteiger partial charge in [-0.1, -0.05) is 118 Å². The van der Waals surface area contributed by atoms with Crippen LogP contribution in [0.3, 0.4) is 0 Å². The maximum atomic E-state index is 13.9. The summed E-state index contributed by atoms with van der Waals surface area (Å²) in [6.07, 6.45) is -4.85. The van der Waals surface area contributed by atoms with E-state index in [4.69, 9.17) is 4.74 Å². The molecule has 0 bridgehead atoms. The second-order valence-electron chi connectivity index (χ2n) is 12.6. The van der Waals surface area contributed by atoms with Crippen LogP contribution in [0, 0.1) is 0 Å². The number of carbonyl (C=O) groups excluding carboxylic acids is 1. The fourth-order valence-electron chi connectivity index (χ4n) is 5.33. The van der Waals surface area contributed by atoms with Gasteiger partial charge in [-0.25, -0.2) is 0 Å². The zero-order valence-corrected chi connectivity index (χ0v) is 26.8. The van der Waals surface area contributed by atoms with Gasteiger partial charge in [-0.05, 0) is 68.6 Å². The largest absolute Gasteiger partial charge is 0.488 e. The van der Waals surface area contributed by atoms with Crippen LogP contribution in [0.2, 0.25) is 0 Å². The highest BCUT2D eigenvalue weighted by Gasteiger charge is 2.30. The highest BCUT2D eigenvalue weighted by Crippen LogP contribution is 2.33. The molecular formula is C40H36F3NO4. The van der Waals surface area contributed by atoms with Crippen molar-refractivity contribution < 1.29 is 32.6 Å². The standard InChI is InChI=1S/C40H36F3NO4/c1-39(2,3)32-18-9-26(10-19-32)25-48-36-22-17-31(29-15-20-33(21-16-29)40(41,42)43)23-34(36)38(47)44-35(24-37(45)46)30-13-11-28(12-14-30)27-7-5-4-6-8-27/h4-23,35H,24-25H2,1-3H3,(H,44,47)(H,45,46). The number of ether oxygens (including phenoxy) is 1. The predicted molar refractivity (Wildman–Crippen MR) is 181 cm³/mol. The van der Waals surface area contributed by atoms with Crippen LogP contribution in [-0.2, 0) is 23.0 Å². The molecule has 2 N–H and O–H groups in total. The van der Waals surface area contributed by atoms with E-state index in [1.165, 1.54) is 12.1 Å². The quantitative estimate of drug-likeness (QED) is 0.158. The maximum absolute atomic E-state index is 13.9. The van der Waals surface area contributed by atoms with Crippen LogP contribution in [0.1, 0.15) is 65.8 Å². The third-order valence-electron chi connectivity index (χ3n) is 8.09. The molecule has 0 saturated heterocycles. The number of aliphatic carboxylic acids is 1. The highest BCUT2D eigenvalue weighted by molar-refractivity contribution is 5.98. The van der Waals surface area contributed by atoms with E-state index >= 15 is 0 Å². The first kappa shape index (κ1) is 34.0. The van der Waals surface area contributed by atoms with E-state index in [9.17, 15) is 27.9 Å². The predicted octanol–water partition coefficient (Wildman–Crippen LogP) is 9.86. The van der Waals surface area contributed by atoms with Crippen LogP contribution < -0.4 is 10.1 Å². The van der Waals surface area contributed by atoms with E-state index in [0.29, 0.717) is 16.7 Å². The monoisotopic (exact) mass is 651 g/mol. The molecule has 0 fully saturated rings. The molecule has 5 rings (SSSR count). The number of benzene rings is 5. The number of carboxylic acids is 1. The van der Waals surface area contributed by atoms with Crippen molar-refractivity contribution in [3.8, 4) is 28.0 Å². The third-order valence-corrected chi connectivity index (χ3v) is 8.09. The Morgan fingerprint density at radius 1 is 0.708 bits per heavy atom. The van der Waals surface area contributed by atoms with Crippen molar-refractivity contribution in [3.63, 3.8) is 0 Å². The molecule has 246 valence electrons. The Balaban J connectivity index is 1.45. The van der Waals surface area contributed by atoms with Gasteiger partial charge < -0.3 is 15.2 Å². The SMILES string of the molecule is CC(C)(C)c1ccc(COc2ccc(-c3ccc(C(F)(F)F)cc3)cc2C(=O)NC(CC(=O)O)c2ccc(-c3ccccc3)cc2)cc1. The Labute approximate surface area is 278 Å². The Hall–Kier alpha value is -5.37. The van der Waals surface area contributed by atoms with Crippen molar-refractivity contribution in [2.24, 2.45) is 0 Å². The van der Waals surface area contributed by atoms with Crippen molar-refractivity contribution in [2.45, 2.75) is 51.4 Å². The van der Waals surface area contributed by atoms with E-state index in [2.05, 4.69) is 26.1 Å². The molecule has 0 aliphatic heterocycles. The van der Waals surface area contributed by atoms with Crippen LogP contribution in [0.15, 0.2) is 121 Å². The van der Waals surface area contributed by atoms with Crippen molar-refractivity contribution in [1.82, 2.24) is 5.32 Å². The minimum atomic E-state index is -4.48. The molecule has 0 saturated carbocycles. The number of amides is 1. The molecule has 8 heteroatoms. The summed E-state index contributed by atoms with van der Waals surface area (Å²) >= 11 is 0. The van der Waals surface area contributed by atoms with Gasteiger partial charge in [0.25, 0.3) is 5.91 Å². The fourth-order valence-corrected chi connectivity index (χ4v) is 5.33. The van der Waals surface area contributed by atoms with Gasteiger partial charge in [-0.2, -0.15) is 13.2 Å². The third kappa shape index (κ3) is 8.50. The Bertz CT molecular complexity index is 1860. The van der Waals surface area contributed by atoms with E-state index in [1.54, 1.807) is 30.3 Å². The number of carboxylic acid groups (broad SMARTS) is 1. The number of halogens is 3. The first-order valence-corrected chi connectivity index (χ1v) is 15.5. The molecule has 1 atom stereocenters. The fraction of sp³-hybridized carbons (Fsp3) is 0.200. The minimum absolute atomic E-state index is 0.0207. The molecule has 0 aliphatic carbocycles. The van der Waals surface area contributed by atoms with Gasteiger partial charge in [0, 0.05) is 0 Å². The second-order valence-corrected chi connectivity index (χ2v) is 12.6. The molecule has 5 aromatic rings. The average molecular weight is 652 g/mol. The first-order chi connectivity index (χ1) is 22.8. The summed E-state index contributed by atoms with van der Waals surface area (Å²) in [5, 5.41) is 12.6. The van der Waals surface area contributed by atoms with Crippen molar-refractivity contribution in [3.05, 3.63) is 149 Å². The number of hydrogen-bond donors (Lipinski definition) is 2. The lowest BCUT2D eigenvalue weighted by atomic mass is 9.87. The van der Waals surface area contributed by atoms with Crippen molar-refractivity contribution in [1.29, 1.82) is 0 Å². The summed E-state index contributed by atoms with van der Waals surface area (Å²) in [5.41, 5.74) is 4.87. The Morgan fingerprint density at radius 2 is 1.25 bits per heavy atom. The summed E-state index contributed by atoms with van der Waals surface area (Å²) in [6, 6.07) is 33.6. The molecule has 0 radical (unpaired) electrons. The molecule has 0 aromatic heterocycles. The van der Waals surface area contributed by atoms with Gasteiger partial charge in [-0.15, -0.1) is 0 Å². The number of alkyl halides is 3.